The Morgan fingerprint density at radius 2 is 1.17 bits per heavy atom. The van der Waals surface area contributed by atoms with E-state index in [4.69, 9.17) is 4.74 Å². The third-order valence-corrected chi connectivity index (χ3v) is 7.92. The van der Waals surface area contributed by atoms with Crippen molar-refractivity contribution in [2.24, 2.45) is 0 Å². The van der Waals surface area contributed by atoms with Crippen molar-refractivity contribution in [2.45, 2.75) is 5.41 Å². The summed E-state index contributed by atoms with van der Waals surface area (Å²) in [5.41, 5.74) is 9.57. The molecule has 0 fully saturated rings. The van der Waals surface area contributed by atoms with Gasteiger partial charge in [-0.1, -0.05) is 115 Å². The molecule has 0 amide bonds. The van der Waals surface area contributed by atoms with E-state index >= 15 is 0 Å². The van der Waals surface area contributed by atoms with Gasteiger partial charge in [0.1, 0.15) is 11.5 Å². The van der Waals surface area contributed by atoms with E-state index in [-0.39, 0.29) is 0 Å². The lowest BCUT2D eigenvalue weighted by Gasteiger charge is -2.39. The molecule has 0 saturated carbocycles. The second-order valence-electron chi connectivity index (χ2n) is 9.68. The van der Waals surface area contributed by atoms with E-state index in [0.29, 0.717) is 0 Å². The van der Waals surface area contributed by atoms with Crippen molar-refractivity contribution < 1.29 is 4.74 Å². The van der Waals surface area contributed by atoms with Crippen LogP contribution in [0.15, 0.2) is 133 Å². The van der Waals surface area contributed by atoms with Gasteiger partial charge in [-0.05, 0) is 62.4 Å². The van der Waals surface area contributed by atoms with Gasteiger partial charge in [-0.25, -0.2) is 0 Å². The zero-order chi connectivity index (χ0) is 23.7. The summed E-state index contributed by atoms with van der Waals surface area (Å²) in [6, 6.07) is 48.1. The highest BCUT2D eigenvalue weighted by atomic mass is 16.5. The maximum absolute atomic E-state index is 6.72. The number of benzene rings is 6. The van der Waals surface area contributed by atoms with Gasteiger partial charge in [-0.15, -0.1) is 0 Å². The number of rotatable bonds is 2. The van der Waals surface area contributed by atoms with Gasteiger partial charge in [0.05, 0.1) is 5.41 Å². The summed E-state index contributed by atoms with van der Waals surface area (Å²) >= 11 is 0. The molecule has 0 aromatic heterocycles. The standard InChI is InChI=1S/C35H22O/c1-2-13-25(14-3-1)35-30-18-7-6-16-28(30)29-21-24(27-17-10-12-23-11-4-5-15-26(23)27)22-33(34(29)35)36-32-20-9-8-19-31(32)35/h1-22H. The maximum Gasteiger partial charge on any atom is 0.133 e. The van der Waals surface area contributed by atoms with Crippen molar-refractivity contribution in [3.8, 4) is 33.8 Å². The van der Waals surface area contributed by atoms with Gasteiger partial charge in [0.25, 0.3) is 0 Å². The van der Waals surface area contributed by atoms with Crippen LogP contribution in [0.3, 0.4) is 0 Å². The molecule has 0 saturated heterocycles. The summed E-state index contributed by atoms with van der Waals surface area (Å²) in [5.74, 6) is 1.86. The molecule has 8 rings (SSSR count). The van der Waals surface area contributed by atoms with Gasteiger partial charge in [0, 0.05) is 11.1 Å². The third kappa shape index (κ3) is 2.44. The van der Waals surface area contributed by atoms with Gasteiger partial charge in [0.15, 0.2) is 0 Å². The lowest BCUT2D eigenvalue weighted by atomic mass is 9.66. The van der Waals surface area contributed by atoms with E-state index in [1.165, 1.54) is 55.3 Å². The summed E-state index contributed by atoms with van der Waals surface area (Å²) in [6.45, 7) is 0. The fraction of sp³-hybridized carbons (Fsp3) is 0.0286. The number of hydrogen-bond donors (Lipinski definition) is 0. The molecule has 36 heavy (non-hydrogen) atoms. The van der Waals surface area contributed by atoms with Crippen LogP contribution >= 0.6 is 0 Å². The molecule has 2 aliphatic rings. The van der Waals surface area contributed by atoms with Crippen LogP contribution in [-0.4, -0.2) is 0 Å². The Balaban J connectivity index is 1.52. The van der Waals surface area contributed by atoms with Crippen molar-refractivity contribution in [3.05, 3.63) is 156 Å². The number of hydrogen-bond acceptors (Lipinski definition) is 1. The summed E-state index contributed by atoms with van der Waals surface area (Å²) in [5, 5.41) is 2.50. The zero-order valence-corrected chi connectivity index (χ0v) is 19.6. The van der Waals surface area contributed by atoms with Crippen molar-refractivity contribution >= 4 is 10.8 Å². The van der Waals surface area contributed by atoms with Crippen molar-refractivity contribution in [1.29, 1.82) is 0 Å². The molecule has 0 spiro atoms. The highest BCUT2D eigenvalue weighted by molar-refractivity contribution is 6.00. The Kier molecular flexibility index (Phi) is 3.93. The van der Waals surface area contributed by atoms with Crippen LogP contribution in [0.25, 0.3) is 33.0 Å². The first-order valence-corrected chi connectivity index (χ1v) is 12.4. The Bertz CT molecular complexity index is 1810. The van der Waals surface area contributed by atoms with E-state index in [1.807, 2.05) is 0 Å². The molecule has 1 aliphatic heterocycles. The molecule has 1 nitrogen and oxygen atoms in total. The van der Waals surface area contributed by atoms with Gasteiger partial charge in [0.2, 0.25) is 0 Å². The van der Waals surface area contributed by atoms with Crippen molar-refractivity contribution in [2.75, 3.05) is 0 Å². The monoisotopic (exact) mass is 458 g/mol. The van der Waals surface area contributed by atoms with Gasteiger partial charge >= 0.3 is 0 Å². The minimum atomic E-state index is -0.408. The van der Waals surface area contributed by atoms with E-state index < -0.39 is 5.41 Å². The molecule has 6 aromatic carbocycles. The molecule has 1 aliphatic carbocycles. The Morgan fingerprint density at radius 1 is 0.472 bits per heavy atom. The second-order valence-corrected chi connectivity index (χ2v) is 9.68. The van der Waals surface area contributed by atoms with Gasteiger partial charge in [-0.2, -0.15) is 0 Å². The lowest BCUT2D eigenvalue weighted by Crippen LogP contribution is -2.31. The first kappa shape index (κ1) is 19.7. The normalized spacial score (nSPS) is 16.7. The van der Waals surface area contributed by atoms with Crippen molar-refractivity contribution in [3.63, 3.8) is 0 Å². The smallest absolute Gasteiger partial charge is 0.133 e. The van der Waals surface area contributed by atoms with E-state index in [2.05, 4.69) is 133 Å². The Hall–Kier alpha value is -4.62. The maximum atomic E-state index is 6.72. The van der Waals surface area contributed by atoms with Crippen LogP contribution in [0.1, 0.15) is 22.3 Å². The lowest BCUT2D eigenvalue weighted by molar-refractivity contribution is 0.438. The molecule has 1 heteroatoms. The van der Waals surface area contributed by atoms with Crippen LogP contribution in [0.4, 0.5) is 0 Å². The minimum Gasteiger partial charge on any atom is -0.457 e. The van der Waals surface area contributed by atoms with Gasteiger partial charge < -0.3 is 4.74 Å². The second kappa shape index (κ2) is 7.19. The Labute approximate surface area is 210 Å². The van der Waals surface area contributed by atoms with Gasteiger partial charge in [-0.3, -0.25) is 0 Å². The molecular weight excluding hydrogens is 436 g/mol. The highest BCUT2D eigenvalue weighted by Crippen LogP contribution is 2.63. The Morgan fingerprint density at radius 3 is 2.08 bits per heavy atom. The minimum absolute atomic E-state index is 0.408. The molecule has 1 heterocycles. The first-order valence-electron chi connectivity index (χ1n) is 12.4. The summed E-state index contributed by atoms with van der Waals surface area (Å²) in [4.78, 5) is 0. The van der Waals surface area contributed by atoms with Crippen LogP contribution in [-0.2, 0) is 5.41 Å². The van der Waals surface area contributed by atoms with Crippen LogP contribution in [0.5, 0.6) is 11.5 Å². The number of fused-ring (bicyclic) bond motifs is 6. The fourth-order valence-electron chi connectivity index (χ4n) is 6.51. The predicted molar refractivity (Wildman–Crippen MR) is 147 cm³/mol. The van der Waals surface area contributed by atoms with Crippen LogP contribution < -0.4 is 4.74 Å². The number of para-hydroxylation sites is 1. The average molecular weight is 459 g/mol. The molecule has 6 aromatic rings. The zero-order valence-electron chi connectivity index (χ0n) is 19.6. The summed E-state index contributed by atoms with van der Waals surface area (Å²) in [7, 11) is 0. The van der Waals surface area contributed by atoms with Crippen LogP contribution in [0, 0.1) is 0 Å². The summed E-state index contributed by atoms with van der Waals surface area (Å²) < 4.78 is 6.72. The third-order valence-electron chi connectivity index (χ3n) is 7.92. The average Bonchev–Trinajstić information content (AvgIpc) is 3.26. The topological polar surface area (TPSA) is 9.23 Å². The first-order chi connectivity index (χ1) is 17.9. The van der Waals surface area contributed by atoms with E-state index in [1.54, 1.807) is 0 Å². The largest absolute Gasteiger partial charge is 0.457 e. The summed E-state index contributed by atoms with van der Waals surface area (Å²) in [6.07, 6.45) is 0. The molecule has 1 unspecified atom stereocenters. The van der Waals surface area contributed by atoms with Crippen LogP contribution in [0.2, 0.25) is 0 Å². The molecule has 1 atom stereocenters. The quantitative estimate of drug-likeness (QED) is 0.251. The molecule has 0 bridgehead atoms. The number of ether oxygens (including phenoxy) is 1. The molecule has 0 radical (unpaired) electrons. The van der Waals surface area contributed by atoms with E-state index in [0.717, 1.165) is 11.5 Å². The SMILES string of the molecule is c1ccc(C23c4ccccc4Oc4cc(-c5cccc6ccccc56)cc(c42)-c2ccccc23)cc1. The molecular formula is C35H22O. The van der Waals surface area contributed by atoms with Crippen molar-refractivity contribution in [1.82, 2.24) is 0 Å². The molecule has 0 N–H and O–H groups in total. The highest BCUT2D eigenvalue weighted by Gasteiger charge is 2.51. The molecule has 168 valence electrons. The fourth-order valence-corrected chi connectivity index (χ4v) is 6.51. The predicted octanol–water partition coefficient (Wildman–Crippen LogP) is 8.98. The van der Waals surface area contributed by atoms with E-state index in [9.17, 15) is 0 Å².